The molecule has 23 heavy (non-hydrogen) atoms. The predicted molar refractivity (Wildman–Crippen MR) is 78.1 cm³/mol. The molecule has 134 valence electrons. The van der Waals surface area contributed by atoms with Crippen LogP contribution in [0.15, 0.2) is 12.2 Å². The van der Waals surface area contributed by atoms with Crippen molar-refractivity contribution in [1.29, 1.82) is 0 Å². The molecular weight excluding hydrogens is 310 g/mol. The highest BCUT2D eigenvalue weighted by molar-refractivity contribution is 5.73. The molecule has 9 nitrogen and oxygen atoms in total. The van der Waals surface area contributed by atoms with Gasteiger partial charge in [0.25, 0.3) is 0 Å². The molecule has 7 atom stereocenters. The third-order valence-electron chi connectivity index (χ3n) is 3.48. The van der Waals surface area contributed by atoms with Crippen LogP contribution < -0.4 is 5.32 Å². The molecule has 1 amide bonds. The lowest BCUT2D eigenvalue weighted by Crippen LogP contribution is -2.60. The van der Waals surface area contributed by atoms with Crippen LogP contribution in [0.4, 0.5) is 0 Å². The van der Waals surface area contributed by atoms with Gasteiger partial charge in [-0.1, -0.05) is 12.2 Å². The van der Waals surface area contributed by atoms with E-state index in [1.165, 1.54) is 13.0 Å². The zero-order chi connectivity index (χ0) is 17.6. The van der Waals surface area contributed by atoms with Crippen molar-refractivity contribution >= 4 is 5.91 Å². The first kappa shape index (κ1) is 20.0. The monoisotopic (exact) mass is 335 g/mol. The average molecular weight is 335 g/mol. The van der Waals surface area contributed by atoms with E-state index in [1.54, 1.807) is 13.0 Å². The molecule has 0 radical (unpaired) electrons. The number of hydrogen-bond donors (Lipinski definition) is 6. The van der Waals surface area contributed by atoms with Gasteiger partial charge in [-0.05, 0) is 6.92 Å². The highest BCUT2D eigenvalue weighted by Crippen LogP contribution is 2.22. The van der Waals surface area contributed by atoms with Crippen LogP contribution >= 0.6 is 0 Å². The maximum Gasteiger partial charge on any atom is 0.217 e. The summed E-state index contributed by atoms with van der Waals surface area (Å²) in [6.07, 6.45) is -4.93. The van der Waals surface area contributed by atoms with E-state index >= 15 is 0 Å². The van der Waals surface area contributed by atoms with Crippen LogP contribution in [0.3, 0.4) is 0 Å². The molecule has 0 spiro atoms. The second-order valence-corrected chi connectivity index (χ2v) is 5.35. The SMILES string of the molecule is C/C=C/[C@@H](O)[C@H](COC1OC(CO)[C@H](O)C(O)C1O)NC(C)=O. The van der Waals surface area contributed by atoms with Crippen LogP contribution in [-0.4, -0.2) is 87.5 Å². The Balaban J connectivity index is 2.69. The summed E-state index contributed by atoms with van der Waals surface area (Å²) in [5.41, 5.74) is 0. The largest absolute Gasteiger partial charge is 0.394 e. The molecule has 1 saturated heterocycles. The topological polar surface area (TPSA) is 149 Å². The van der Waals surface area contributed by atoms with E-state index in [2.05, 4.69) is 5.32 Å². The van der Waals surface area contributed by atoms with Gasteiger partial charge in [0.1, 0.15) is 24.4 Å². The van der Waals surface area contributed by atoms with E-state index in [0.717, 1.165) is 0 Å². The normalized spacial score (nSPS) is 34.3. The van der Waals surface area contributed by atoms with Gasteiger partial charge in [-0.2, -0.15) is 0 Å². The van der Waals surface area contributed by atoms with E-state index in [0.29, 0.717) is 0 Å². The lowest BCUT2D eigenvalue weighted by Gasteiger charge is -2.40. The Hall–Kier alpha value is -1.07. The second kappa shape index (κ2) is 9.28. The molecular formula is C14H25NO8. The second-order valence-electron chi connectivity index (χ2n) is 5.35. The number of nitrogens with one attached hydrogen (secondary N) is 1. The standard InChI is InChI=1S/C14H25NO8/c1-3-4-9(18)8(15-7(2)17)6-22-14-13(21)12(20)11(19)10(5-16)23-14/h3-4,8-14,16,18-21H,5-6H2,1-2H3,(H,15,17)/b4-3+/t8-,9+,10?,11-,12?,13?,14?/m0/s1. The lowest BCUT2D eigenvalue weighted by atomic mass is 9.99. The number of carbonyl (C=O) groups is 1. The van der Waals surface area contributed by atoms with Crippen molar-refractivity contribution < 1.29 is 39.8 Å². The first-order valence-electron chi connectivity index (χ1n) is 7.31. The smallest absolute Gasteiger partial charge is 0.217 e. The van der Waals surface area contributed by atoms with Crippen LogP contribution in [0.2, 0.25) is 0 Å². The Morgan fingerprint density at radius 1 is 1.30 bits per heavy atom. The van der Waals surface area contributed by atoms with Crippen molar-refractivity contribution in [2.75, 3.05) is 13.2 Å². The molecule has 4 unspecified atom stereocenters. The molecule has 1 heterocycles. The maximum absolute atomic E-state index is 11.2. The molecule has 0 aromatic rings. The zero-order valence-corrected chi connectivity index (χ0v) is 13.1. The van der Waals surface area contributed by atoms with Crippen molar-refractivity contribution in [3.05, 3.63) is 12.2 Å². The van der Waals surface area contributed by atoms with E-state index in [1.807, 2.05) is 0 Å². The Kier molecular flexibility index (Phi) is 8.06. The summed E-state index contributed by atoms with van der Waals surface area (Å²) in [5, 5.41) is 50.7. The fraction of sp³-hybridized carbons (Fsp3) is 0.786. The maximum atomic E-state index is 11.2. The molecule has 0 bridgehead atoms. The summed E-state index contributed by atoms with van der Waals surface area (Å²) in [7, 11) is 0. The third-order valence-corrected chi connectivity index (χ3v) is 3.48. The zero-order valence-electron chi connectivity index (χ0n) is 13.1. The van der Waals surface area contributed by atoms with Crippen molar-refractivity contribution in [3.8, 4) is 0 Å². The van der Waals surface area contributed by atoms with Gasteiger partial charge in [-0.15, -0.1) is 0 Å². The predicted octanol–water partition coefficient (Wildman–Crippen LogP) is -2.76. The van der Waals surface area contributed by atoms with Crippen LogP contribution in [-0.2, 0) is 14.3 Å². The number of aliphatic hydroxyl groups excluding tert-OH is 5. The molecule has 1 aliphatic heterocycles. The number of amides is 1. The molecule has 1 aliphatic rings. The van der Waals surface area contributed by atoms with Gasteiger partial charge in [-0.3, -0.25) is 4.79 Å². The average Bonchev–Trinajstić information content (AvgIpc) is 2.50. The van der Waals surface area contributed by atoms with E-state index < -0.39 is 49.5 Å². The first-order chi connectivity index (χ1) is 10.8. The Morgan fingerprint density at radius 3 is 2.48 bits per heavy atom. The van der Waals surface area contributed by atoms with E-state index in [9.17, 15) is 25.2 Å². The van der Waals surface area contributed by atoms with Crippen molar-refractivity contribution in [1.82, 2.24) is 5.32 Å². The summed E-state index contributed by atoms with van der Waals surface area (Å²) in [4.78, 5) is 11.2. The molecule has 6 N–H and O–H groups in total. The van der Waals surface area contributed by atoms with Gasteiger partial charge in [0.05, 0.1) is 25.4 Å². The first-order valence-corrected chi connectivity index (χ1v) is 7.31. The number of rotatable bonds is 7. The van der Waals surface area contributed by atoms with Crippen LogP contribution in [0.5, 0.6) is 0 Å². The van der Waals surface area contributed by atoms with Crippen molar-refractivity contribution in [2.24, 2.45) is 0 Å². The minimum absolute atomic E-state index is 0.215. The third kappa shape index (κ3) is 5.50. The number of allylic oxidation sites excluding steroid dienone is 1. The minimum Gasteiger partial charge on any atom is -0.394 e. The van der Waals surface area contributed by atoms with Crippen LogP contribution in [0, 0.1) is 0 Å². The molecule has 0 aromatic heterocycles. The fourth-order valence-electron chi connectivity index (χ4n) is 2.22. The van der Waals surface area contributed by atoms with Gasteiger partial charge in [0.2, 0.25) is 5.91 Å². The lowest BCUT2D eigenvalue weighted by molar-refractivity contribution is -0.302. The summed E-state index contributed by atoms with van der Waals surface area (Å²) in [6.45, 7) is 2.20. The van der Waals surface area contributed by atoms with Gasteiger partial charge in [0, 0.05) is 6.92 Å². The summed E-state index contributed by atoms with van der Waals surface area (Å²) >= 11 is 0. The van der Waals surface area contributed by atoms with Gasteiger partial charge in [-0.25, -0.2) is 0 Å². The molecule has 9 heteroatoms. The highest BCUT2D eigenvalue weighted by Gasteiger charge is 2.44. The number of ether oxygens (including phenoxy) is 2. The molecule has 0 saturated carbocycles. The van der Waals surface area contributed by atoms with Gasteiger partial charge < -0.3 is 40.3 Å². The molecule has 1 fully saturated rings. The van der Waals surface area contributed by atoms with Crippen molar-refractivity contribution in [3.63, 3.8) is 0 Å². The van der Waals surface area contributed by atoms with E-state index in [-0.39, 0.29) is 12.5 Å². The van der Waals surface area contributed by atoms with Gasteiger partial charge in [0.15, 0.2) is 6.29 Å². The Morgan fingerprint density at radius 2 is 1.96 bits per heavy atom. The Labute approximate surface area is 134 Å². The Bertz CT molecular complexity index is 402. The van der Waals surface area contributed by atoms with Crippen molar-refractivity contribution in [2.45, 2.75) is 56.7 Å². The number of hydrogen-bond acceptors (Lipinski definition) is 8. The number of carbonyl (C=O) groups excluding carboxylic acids is 1. The summed E-state index contributed by atoms with van der Waals surface area (Å²) < 4.78 is 10.5. The molecule has 1 rings (SSSR count). The van der Waals surface area contributed by atoms with Crippen LogP contribution in [0.1, 0.15) is 13.8 Å². The molecule has 0 aliphatic carbocycles. The fourth-order valence-corrected chi connectivity index (χ4v) is 2.22. The quantitative estimate of drug-likeness (QED) is 0.274. The highest BCUT2D eigenvalue weighted by atomic mass is 16.7. The van der Waals surface area contributed by atoms with Gasteiger partial charge >= 0.3 is 0 Å². The minimum atomic E-state index is -1.55. The molecule has 0 aromatic carbocycles. The summed E-state index contributed by atoms with van der Waals surface area (Å²) in [5.74, 6) is -0.379. The summed E-state index contributed by atoms with van der Waals surface area (Å²) in [6, 6.07) is -0.795. The van der Waals surface area contributed by atoms with E-state index in [4.69, 9.17) is 14.6 Å². The number of aliphatic hydroxyl groups is 5. The van der Waals surface area contributed by atoms with Crippen LogP contribution in [0.25, 0.3) is 0 Å².